The zero-order chi connectivity index (χ0) is 14.5. The second kappa shape index (κ2) is 7.01. The van der Waals surface area contributed by atoms with Crippen molar-refractivity contribution >= 4 is 28.4 Å². The van der Waals surface area contributed by atoms with Crippen LogP contribution in [0.3, 0.4) is 0 Å². The normalized spacial score (nSPS) is 10.8. The summed E-state index contributed by atoms with van der Waals surface area (Å²) in [5.41, 5.74) is 1.04. The topological polar surface area (TPSA) is 55.6 Å². The number of hydrogen-bond acceptors (Lipinski definition) is 4. The highest BCUT2D eigenvalue weighted by atomic mass is 127. The Bertz CT molecular complexity index is 579. The van der Waals surface area contributed by atoms with Crippen LogP contribution in [-0.2, 0) is 6.42 Å². The van der Waals surface area contributed by atoms with Gasteiger partial charge < -0.3 is 5.32 Å². The Hall–Kier alpha value is -1.18. The van der Waals surface area contributed by atoms with Crippen molar-refractivity contribution in [3.63, 3.8) is 0 Å². The molecule has 0 atom stereocenters. The first-order valence-electron chi connectivity index (χ1n) is 6.97. The molecule has 0 unspecified atom stereocenters. The van der Waals surface area contributed by atoms with Crippen molar-refractivity contribution in [3.05, 3.63) is 27.4 Å². The lowest BCUT2D eigenvalue weighted by atomic mass is 10.2. The summed E-state index contributed by atoms with van der Waals surface area (Å²) in [5.74, 6) is 2.66. The van der Waals surface area contributed by atoms with Gasteiger partial charge in [-0.15, -0.1) is 0 Å². The number of aromatic nitrogens is 4. The van der Waals surface area contributed by atoms with Gasteiger partial charge in [0.2, 0.25) is 0 Å². The van der Waals surface area contributed by atoms with Crippen molar-refractivity contribution in [3.8, 4) is 5.82 Å². The fourth-order valence-electron chi connectivity index (χ4n) is 1.94. The van der Waals surface area contributed by atoms with Crippen LogP contribution in [-0.4, -0.2) is 26.3 Å². The molecule has 0 radical (unpaired) electrons. The van der Waals surface area contributed by atoms with E-state index >= 15 is 0 Å². The van der Waals surface area contributed by atoms with Gasteiger partial charge in [-0.05, 0) is 42.4 Å². The lowest BCUT2D eigenvalue weighted by Gasteiger charge is -2.13. The van der Waals surface area contributed by atoms with Crippen molar-refractivity contribution in [1.82, 2.24) is 19.7 Å². The number of anilines is 1. The van der Waals surface area contributed by atoms with Crippen LogP contribution in [0.25, 0.3) is 5.82 Å². The molecular weight excluding hydrogens is 365 g/mol. The van der Waals surface area contributed by atoms with E-state index < -0.39 is 0 Å². The third-order valence-electron chi connectivity index (χ3n) is 2.95. The van der Waals surface area contributed by atoms with Crippen LogP contribution in [0.15, 0.2) is 12.4 Å². The summed E-state index contributed by atoms with van der Waals surface area (Å²) in [4.78, 5) is 9.29. The molecule has 5 nitrogen and oxygen atoms in total. The molecule has 0 aliphatic carbocycles. The van der Waals surface area contributed by atoms with E-state index in [9.17, 15) is 0 Å². The van der Waals surface area contributed by atoms with Gasteiger partial charge in [-0.1, -0.05) is 13.8 Å². The second-order valence-corrected chi connectivity index (χ2v) is 5.96. The minimum absolute atomic E-state index is 0.866. The number of nitrogens with zero attached hydrogens (tertiary/aromatic N) is 4. The summed E-state index contributed by atoms with van der Waals surface area (Å²) in [5, 5.41) is 7.74. The molecule has 0 aliphatic rings. The number of nitrogens with one attached hydrogen (secondary N) is 1. The summed E-state index contributed by atoms with van der Waals surface area (Å²) >= 11 is 2.25. The Morgan fingerprint density at radius 3 is 2.65 bits per heavy atom. The monoisotopic (exact) mass is 385 g/mol. The third-order valence-corrected chi connectivity index (χ3v) is 3.51. The minimum Gasteiger partial charge on any atom is -0.370 e. The molecule has 20 heavy (non-hydrogen) atoms. The first-order valence-corrected chi connectivity index (χ1v) is 8.05. The maximum atomic E-state index is 4.66. The van der Waals surface area contributed by atoms with Gasteiger partial charge in [0.15, 0.2) is 5.82 Å². The standard InChI is InChI=1S/C14H20IN5/c1-4-6-12-18-13(16-7-5-2)10(3)14(19-12)20-9-11(15)8-17-20/h8-9H,4-7H2,1-3H3,(H,16,18,19). The SMILES string of the molecule is CCCNc1nc(CCC)nc(-n2cc(I)cn2)c1C. The van der Waals surface area contributed by atoms with Crippen LogP contribution in [0.4, 0.5) is 5.82 Å². The summed E-state index contributed by atoms with van der Waals surface area (Å²) in [6.45, 7) is 7.24. The molecular formula is C14H20IN5. The first kappa shape index (κ1) is 15.2. The number of hydrogen-bond donors (Lipinski definition) is 1. The van der Waals surface area contributed by atoms with Gasteiger partial charge in [-0.25, -0.2) is 14.6 Å². The van der Waals surface area contributed by atoms with Crippen LogP contribution >= 0.6 is 22.6 Å². The van der Waals surface area contributed by atoms with E-state index in [-0.39, 0.29) is 0 Å². The third kappa shape index (κ3) is 3.47. The molecule has 0 fully saturated rings. The van der Waals surface area contributed by atoms with Crippen molar-refractivity contribution in [1.29, 1.82) is 0 Å². The van der Waals surface area contributed by atoms with Gasteiger partial charge in [0.05, 0.1) is 9.77 Å². The predicted octanol–water partition coefficient (Wildman–Crippen LogP) is 3.35. The van der Waals surface area contributed by atoms with Crippen LogP contribution in [0, 0.1) is 10.5 Å². The van der Waals surface area contributed by atoms with Gasteiger partial charge in [-0.3, -0.25) is 0 Å². The molecule has 2 aromatic heterocycles. The summed E-state index contributed by atoms with van der Waals surface area (Å²) < 4.78 is 2.93. The molecule has 0 saturated carbocycles. The second-order valence-electron chi connectivity index (χ2n) is 4.72. The summed E-state index contributed by atoms with van der Waals surface area (Å²) in [7, 11) is 0. The molecule has 6 heteroatoms. The van der Waals surface area contributed by atoms with Crippen molar-refractivity contribution in [2.24, 2.45) is 0 Å². The van der Waals surface area contributed by atoms with Crippen molar-refractivity contribution in [2.45, 2.75) is 40.0 Å². The Labute approximate surface area is 133 Å². The highest BCUT2D eigenvalue weighted by Crippen LogP contribution is 2.20. The Morgan fingerprint density at radius 1 is 1.25 bits per heavy atom. The van der Waals surface area contributed by atoms with Gasteiger partial charge in [0.1, 0.15) is 11.6 Å². The molecule has 2 heterocycles. The lowest BCUT2D eigenvalue weighted by Crippen LogP contribution is -2.12. The number of rotatable bonds is 6. The van der Waals surface area contributed by atoms with E-state index in [4.69, 9.17) is 0 Å². The first-order chi connectivity index (χ1) is 9.65. The van der Waals surface area contributed by atoms with Gasteiger partial charge >= 0.3 is 0 Å². The van der Waals surface area contributed by atoms with Crippen LogP contribution < -0.4 is 5.32 Å². The number of aryl methyl sites for hydroxylation is 1. The van der Waals surface area contributed by atoms with E-state index in [1.807, 2.05) is 24.0 Å². The van der Waals surface area contributed by atoms with E-state index in [1.54, 1.807) is 0 Å². The maximum Gasteiger partial charge on any atom is 0.162 e. The summed E-state index contributed by atoms with van der Waals surface area (Å²) in [6.07, 6.45) is 6.80. The van der Waals surface area contributed by atoms with Crippen LogP contribution in [0.1, 0.15) is 38.1 Å². The van der Waals surface area contributed by atoms with Crippen LogP contribution in [0.5, 0.6) is 0 Å². The molecule has 1 N–H and O–H groups in total. The Kier molecular flexibility index (Phi) is 5.33. The van der Waals surface area contributed by atoms with E-state index in [1.165, 1.54) is 0 Å². The molecule has 0 spiro atoms. The molecule has 0 aliphatic heterocycles. The molecule has 108 valence electrons. The molecule has 2 rings (SSSR count). The van der Waals surface area contributed by atoms with Gasteiger partial charge in [0, 0.05) is 24.7 Å². The quantitative estimate of drug-likeness (QED) is 0.775. The Morgan fingerprint density at radius 2 is 2.05 bits per heavy atom. The summed E-state index contributed by atoms with van der Waals surface area (Å²) in [6, 6.07) is 0. The zero-order valence-electron chi connectivity index (χ0n) is 12.1. The van der Waals surface area contributed by atoms with E-state index in [0.717, 1.165) is 52.4 Å². The highest BCUT2D eigenvalue weighted by molar-refractivity contribution is 14.1. The zero-order valence-corrected chi connectivity index (χ0v) is 14.3. The van der Waals surface area contributed by atoms with Crippen LogP contribution in [0.2, 0.25) is 0 Å². The van der Waals surface area contributed by atoms with E-state index in [2.05, 4.69) is 56.8 Å². The molecule has 0 amide bonds. The van der Waals surface area contributed by atoms with Crippen molar-refractivity contribution in [2.75, 3.05) is 11.9 Å². The fourth-order valence-corrected chi connectivity index (χ4v) is 2.33. The molecule has 2 aromatic rings. The van der Waals surface area contributed by atoms with Crippen molar-refractivity contribution < 1.29 is 0 Å². The Balaban J connectivity index is 2.45. The average molecular weight is 385 g/mol. The smallest absolute Gasteiger partial charge is 0.162 e. The molecule has 0 saturated heterocycles. The predicted molar refractivity (Wildman–Crippen MR) is 89.4 cm³/mol. The van der Waals surface area contributed by atoms with Gasteiger partial charge in [-0.2, -0.15) is 5.10 Å². The number of halogens is 1. The molecule has 0 aromatic carbocycles. The molecule has 0 bridgehead atoms. The minimum atomic E-state index is 0.866. The van der Waals surface area contributed by atoms with E-state index in [0.29, 0.717) is 0 Å². The maximum absolute atomic E-state index is 4.66. The van der Waals surface area contributed by atoms with Gasteiger partial charge in [0.25, 0.3) is 0 Å². The largest absolute Gasteiger partial charge is 0.370 e. The fraction of sp³-hybridized carbons (Fsp3) is 0.500. The average Bonchev–Trinajstić information content (AvgIpc) is 2.85. The highest BCUT2D eigenvalue weighted by Gasteiger charge is 2.12. The lowest BCUT2D eigenvalue weighted by molar-refractivity contribution is 0.776.